The number of rotatable bonds is 2. The molecular formula is C10H11ClFNO2S. The second-order valence-corrected chi connectivity index (χ2v) is 6.34. The van der Waals surface area contributed by atoms with E-state index in [1.165, 1.54) is 6.07 Å². The summed E-state index contributed by atoms with van der Waals surface area (Å²) < 4.78 is 37.1. The molecule has 0 amide bonds. The van der Waals surface area contributed by atoms with Crippen molar-refractivity contribution in [1.29, 1.82) is 0 Å². The van der Waals surface area contributed by atoms with Crippen LogP contribution < -0.4 is 5.32 Å². The van der Waals surface area contributed by atoms with Crippen LogP contribution in [0.3, 0.4) is 0 Å². The van der Waals surface area contributed by atoms with Crippen molar-refractivity contribution in [2.75, 3.05) is 13.1 Å². The van der Waals surface area contributed by atoms with Crippen molar-refractivity contribution in [2.24, 2.45) is 0 Å². The maximum atomic E-state index is 12.8. The van der Waals surface area contributed by atoms with Gasteiger partial charge in [-0.25, -0.2) is 12.8 Å². The molecule has 0 aliphatic carbocycles. The maximum absolute atomic E-state index is 12.8. The van der Waals surface area contributed by atoms with Gasteiger partial charge in [0.15, 0.2) is 9.84 Å². The van der Waals surface area contributed by atoms with Crippen LogP contribution in [0.15, 0.2) is 23.1 Å². The standard InChI is InChI=1S/C10H11ClFNO2S/c11-9-5-7(12)1-2-10(9)16(14,15)8-3-4-13-6-8/h1-2,5,8,13H,3-4,6H2/t8-/m0/s1. The molecule has 1 N–H and O–H groups in total. The topological polar surface area (TPSA) is 46.2 Å². The number of nitrogens with one attached hydrogen (secondary N) is 1. The maximum Gasteiger partial charge on any atom is 0.183 e. The average molecular weight is 264 g/mol. The average Bonchev–Trinajstić information content (AvgIpc) is 2.69. The number of hydrogen-bond donors (Lipinski definition) is 1. The molecule has 6 heteroatoms. The van der Waals surface area contributed by atoms with Gasteiger partial charge in [-0.05, 0) is 31.2 Å². The minimum atomic E-state index is -3.45. The predicted octanol–water partition coefficient (Wildman–Crippen LogP) is 1.61. The lowest BCUT2D eigenvalue weighted by atomic mass is 10.3. The van der Waals surface area contributed by atoms with Crippen LogP contribution in [0.25, 0.3) is 0 Å². The van der Waals surface area contributed by atoms with Gasteiger partial charge in [0.05, 0.1) is 15.2 Å². The number of hydrogen-bond acceptors (Lipinski definition) is 3. The largest absolute Gasteiger partial charge is 0.315 e. The summed E-state index contributed by atoms with van der Waals surface area (Å²) in [6.45, 7) is 1.11. The van der Waals surface area contributed by atoms with Gasteiger partial charge in [-0.15, -0.1) is 0 Å². The van der Waals surface area contributed by atoms with Crippen molar-refractivity contribution in [1.82, 2.24) is 5.32 Å². The fourth-order valence-corrected chi connectivity index (χ4v) is 3.98. The van der Waals surface area contributed by atoms with Crippen molar-refractivity contribution < 1.29 is 12.8 Å². The van der Waals surface area contributed by atoms with Crippen molar-refractivity contribution in [3.8, 4) is 0 Å². The fourth-order valence-electron chi connectivity index (χ4n) is 1.78. The lowest BCUT2D eigenvalue weighted by Gasteiger charge is -2.11. The molecule has 0 bridgehead atoms. The van der Waals surface area contributed by atoms with Crippen LogP contribution in [-0.4, -0.2) is 26.8 Å². The Morgan fingerprint density at radius 2 is 2.19 bits per heavy atom. The second kappa shape index (κ2) is 4.31. The summed E-state index contributed by atoms with van der Waals surface area (Å²) >= 11 is 5.75. The van der Waals surface area contributed by atoms with E-state index in [-0.39, 0.29) is 9.92 Å². The first-order valence-corrected chi connectivity index (χ1v) is 6.84. The molecule has 16 heavy (non-hydrogen) atoms. The molecule has 0 aromatic heterocycles. The summed E-state index contributed by atoms with van der Waals surface area (Å²) in [6.07, 6.45) is 0.566. The molecule has 1 aliphatic heterocycles. The highest BCUT2D eigenvalue weighted by molar-refractivity contribution is 7.92. The third kappa shape index (κ3) is 2.07. The van der Waals surface area contributed by atoms with E-state index in [9.17, 15) is 12.8 Å². The predicted molar refractivity (Wildman–Crippen MR) is 59.9 cm³/mol. The first-order chi connectivity index (χ1) is 7.51. The van der Waals surface area contributed by atoms with E-state index in [2.05, 4.69) is 5.32 Å². The Bertz CT molecular complexity index is 498. The van der Waals surface area contributed by atoms with Gasteiger partial charge in [0, 0.05) is 6.54 Å². The zero-order chi connectivity index (χ0) is 11.8. The Morgan fingerprint density at radius 3 is 2.75 bits per heavy atom. The first-order valence-electron chi connectivity index (χ1n) is 4.91. The van der Waals surface area contributed by atoms with E-state index < -0.39 is 20.9 Å². The Balaban J connectivity index is 2.42. The van der Waals surface area contributed by atoms with Gasteiger partial charge in [0.25, 0.3) is 0 Å². The van der Waals surface area contributed by atoms with E-state index in [4.69, 9.17) is 11.6 Å². The molecule has 0 unspecified atom stereocenters. The van der Waals surface area contributed by atoms with Gasteiger partial charge in [0.2, 0.25) is 0 Å². The summed E-state index contributed by atoms with van der Waals surface area (Å²) in [7, 11) is -3.45. The Labute approximate surface area is 98.5 Å². The summed E-state index contributed by atoms with van der Waals surface area (Å²) in [5, 5.41) is 2.47. The Kier molecular flexibility index (Phi) is 3.19. The normalized spacial score (nSPS) is 21.2. The molecule has 0 radical (unpaired) electrons. The summed E-state index contributed by atoms with van der Waals surface area (Å²) in [4.78, 5) is 0.0178. The van der Waals surface area contributed by atoms with Crippen LogP contribution in [0.2, 0.25) is 5.02 Å². The minimum absolute atomic E-state index is 0.0178. The van der Waals surface area contributed by atoms with Crippen LogP contribution in [0.4, 0.5) is 4.39 Å². The molecule has 1 aromatic carbocycles. The van der Waals surface area contributed by atoms with E-state index >= 15 is 0 Å². The molecule has 3 nitrogen and oxygen atoms in total. The molecule has 1 fully saturated rings. The molecule has 0 saturated carbocycles. The highest BCUT2D eigenvalue weighted by Crippen LogP contribution is 2.27. The Hall–Kier alpha value is -0.650. The SMILES string of the molecule is O=S(=O)(c1ccc(F)cc1Cl)[C@H]1CCNC1. The molecule has 88 valence electrons. The van der Waals surface area contributed by atoms with Gasteiger partial charge in [-0.1, -0.05) is 11.6 Å². The lowest BCUT2D eigenvalue weighted by molar-refractivity contribution is 0.582. The third-order valence-corrected chi connectivity index (χ3v) is 5.33. The van der Waals surface area contributed by atoms with E-state index in [1.807, 2.05) is 0 Å². The van der Waals surface area contributed by atoms with Gasteiger partial charge in [-0.3, -0.25) is 0 Å². The zero-order valence-electron chi connectivity index (χ0n) is 8.41. The van der Waals surface area contributed by atoms with Crippen LogP contribution in [0.5, 0.6) is 0 Å². The van der Waals surface area contributed by atoms with E-state index in [0.717, 1.165) is 12.1 Å². The molecule has 1 heterocycles. The van der Waals surface area contributed by atoms with Crippen molar-refractivity contribution in [3.05, 3.63) is 29.0 Å². The number of benzene rings is 1. The minimum Gasteiger partial charge on any atom is -0.315 e. The molecule has 2 rings (SSSR count). The van der Waals surface area contributed by atoms with Crippen molar-refractivity contribution in [2.45, 2.75) is 16.6 Å². The number of sulfone groups is 1. The van der Waals surface area contributed by atoms with Crippen LogP contribution in [0.1, 0.15) is 6.42 Å². The van der Waals surface area contributed by atoms with Crippen LogP contribution in [0, 0.1) is 5.82 Å². The smallest absolute Gasteiger partial charge is 0.183 e. The molecule has 1 atom stereocenters. The van der Waals surface area contributed by atoms with Crippen molar-refractivity contribution >= 4 is 21.4 Å². The van der Waals surface area contributed by atoms with Crippen LogP contribution >= 0.6 is 11.6 Å². The van der Waals surface area contributed by atoms with Gasteiger partial charge in [0.1, 0.15) is 5.82 Å². The van der Waals surface area contributed by atoms with E-state index in [1.54, 1.807) is 0 Å². The van der Waals surface area contributed by atoms with Gasteiger partial charge >= 0.3 is 0 Å². The zero-order valence-corrected chi connectivity index (χ0v) is 9.98. The van der Waals surface area contributed by atoms with Gasteiger partial charge < -0.3 is 5.32 Å². The molecule has 0 spiro atoms. The van der Waals surface area contributed by atoms with Crippen molar-refractivity contribution in [3.63, 3.8) is 0 Å². The summed E-state index contributed by atoms with van der Waals surface area (Å²) in [6, 6.07) is 3.36. The fraction of sp³-hybridized carbons (Fsp3) is 0.400. The first kappa shape index (κ1) is 11.8. The lowest BCUT2D eigenvalue weighted by Crippen LogP contribution is -2.24. The molecular weight excluding hydrogens is 253 g/mol. The highest BCUT2D eigenvalue weighted by atomic mass is 35.5. The highest BCUT2D eigenvalue weighted by Gasteiger charge is 2.31. The quantitative estimate of drug-likeness (QED) is 0.825. The summed E-state index contributed by atoms with van der Waals surface area (Å²) in [5.74, 6) is -0.534. The van der Waals surface area contributed by atoms with E-state index in [0.29, 0.717) is 19.5 Å². The van der Waals surface area contributed by atoms with Gasteiger partial charge in [-0.2, -0.15) is 0 Å². The monoisotopic (exact) mass is 263 g/mol. The second-order valence-electron chi connectivity index (χ2n) is 3.73. The molecule has 1 saturated heterocycles. The number of halogens is 2. The molecule has 1 aromatic rings. The van der Waals surface area contributed by atoms with Crippen LogP contribution in [-0.2, 0) is 9.84 Å². The summed E-state index contributed by atoms with van der Waals surface area (Å²) in [5.41, 5.74) is 0. The third-order valence-electron chi connectivity index (χ3n) is 2.65. The Morgan fingerprint density at radius 1 is 1.44 bits per heavy atom. The molecule has 1 aliphatic rings.